The van der Waals surface area contributed by atoms with Crippen LogP contribution in [0.2, 0.25) is 0 Å². The summed E-state index contributed by atoms with van der Waals surface area (Å²) in [6.45, 7) is 4.70. The Labute approximate surface area is 297 Å². The Balaban J connectivity index is 1.26. The van der Waals surface area contributed by atoms with Crippen LogP contribution in [0.1, 0.15) is 25.0 Å². The standard InChI is InChI=1S/C49H35NO/c1-49(2)42-20-12-11-19-39(42)40-26-25-38(31-43(40)49)50(37-23-21-33(22-24-37)32-13-5-3-6-14-32)44-27-28-45-48(47(44)34-15-7-4-8-16-34)41-29-35-17-9-10-18-36(35)30-46(41)51-45/h3-31H,1-2H3. The molecule has 2 nitrogen and oxygen atoms in total. The third-order valence-corrected chi connectivity index (χ3v) is 10.8. The number of rotatable bonds is 5. The average Bonchev–Trinajstić information content (AvgIpc) is 3.65. The first kappa shape index (κ1) is 29.5. The summed E-state index contributed by atoms with van der Waals surface area (Å²) in [6, 6.07) is 63.7. The highest BCUT2D eigenvalue weighted by molar-refractivity contribution is 6.18. The van der Waals surface area contributed by atoms with Crippen LogP contribution in [-0.4, -0.2) is 0 Å². The van der Waals surface area contributed by atoms with Crippen LogP contribution >= 0.6 is 0 Å². The fourth-order valence-electron chi connectivity index (χ4n) is 8.32. The van der Waals surface area contributed by atoms with Crippen molar-refractivity contribution in [2.45, 2.75) is 19.3 Å². The first-order chi connectivity index (χ1) is 25.0. The van der Waals surface area contributed by atoms with E-state index in [0.717, 1.165) is 50.1 Å². The van der Waals surface area contributed by atoms with Crippen molar-refractivity contribution >= 4 is 49.8 Å². The Morgan fingerprint density at radius 1 is 0.451 bits per heavy atom. The Kier molecular flexibility index (Phi) is 6.56. The van der Waals surface area contributed by atoms with Crippen LogP contribution in [0.15, 0.2) is 180 Å². The maximum atomic E-state index is 6.64. The number of anilines is 3. The van der Waals surface area contributed by atoms with E-state index in [1.54, 1.807) is 0 Å². The lowest BCUT2D eigenvalue weighted by Crippen LogP contribution is -2.17. The van der Waals surface area contributed by atoms with Gasteiger partial charge in [-0.15, -0.1) is 0 Å². The molecule has 1 heterocycles. The van der Waals surface area contributed by atoms with Gasteiger partial charge in [0, 0.05) is 33.1 Å². The van der Waals surface area contributed by atoms with Gasteiger partial charge < -0.3 is 9.32 Å². The number of furan rings is 1. The third kappa shape index (κ3) is 4.64. The largest absolute Gasteiger partial charge is 0.456 e. The predicted octanol–water partition coefficient (Wildman–Crippen LogP) is 13.8. The average molecular weight is 654 g/mol. The maximum absolute atomic E-state index is 6.64. The quantitative estimate of drug-likeness (QED) is 0.184. The molecule has 0 saturated carbocycles. The van der Waals surface area contributed by atoms with E-state index in [1.165, 1.54) is 44.2 Å². The highest BCUT2D eigenvalue weighted by atomic mass is 16.3. The lowest BCUT2D eigenvalue weighted by Gasteiger charge is -2.30. The van der Waals surface area contributed by atoms with Crippen molar-refractivity contribution in [3.05, 3.63) is 187 Å². The minimum absolute atomic E-state index is 0.126. The number of fused-ring (bicyclic) bond motifs is 7. The van der Waals surface area contributed by atoms with E-state index >= 15 is 0 Å². The van der Waals surface area contributed by atoms with E-state index in [1.807, 2.05) is 0 Å². The van der Waals surface area contributed by atoms with Gasteiger partial charge in [0.25, 0.3) is 0 Å². The van der Waals surface area contributed by atoms with Gasteiger partial charge in [-0.2, -0.15) is 0 Å². The van der Waals surface area contributed by atoms with Crippen molar-refractivity contribution < 1.29 is 4.42 Å². The van der Waals surface area contributed by atoms with Gasteiger partial charge >= 0.3 is 0 Å². The van der Waals surface area contributed by atoms with Gasteiger partial charge in [-0.1, -0.05) is 141 Å². The molecule has 0 atom stereocenters. The topological polar surface area (TPSA) is 16.4 Å². The highest BCUT2D eigenvalue weighted by Gasteiger charge is 2.36. The number of hydrogen-bond donors (Lipinski definition) is 0. The van der Waals surface area contributed by atoms with Gasteiger partial charge in [-0.3, -0.25) is 0 Å². The fraction of sp³-hybridized carbons (Fsp3) is 0.0612. The molecule has 0 bridgehead atoms. The third-order valence-electron chi connectivity index (χ3n) is 10.8. The molecule has 10 rings (SSSR count). The van der Waals surface area contributed by atoms with E-state index < -0.39 is 0 Å². The molecular weight excluding hydrogens is 619 g/mol. The second kappa shape index (κ2) is 11.3. The van der Waals surface area contributed by atoms with E-state index in [2.05, 4.69) is 195 Å². The lowest BCUT2D eigenvalue weighted by molar-refractivity contribution is 0.660. The lowest BCUT2D eigenvalue weighted by atomic mass is 9.82. The molecule has 0 radical (unpaired) electrons. The maximum Gasteiger partial charge on any atom is 0.136 e. The summed E-state index contributed by atoms with van der Waals surface area (Å²) in [7, 11) is 0. The molecule has 0 N–H and O–H groups in total. The van der Waals surface area contributed by atoms with Gasteiger partial charge in [-0.25, -0.2) is 0 Å². The molecule has 1 aliphatic carbocycles. The van der Waals surface area contributed by atoms with E-state index in [4.69, 9.17) is 4.42 Å². The molecule has 8 aromatic carbocycles. The zero-order chi connectivity index (χ0) is 34.1. The van der Waals surface area contributed by atoms with Crippen LogP contribution in [0.25, 0.3) is 66.1 Å². The highest BCUT2D eigenvalue weighted by Crippen LogP contribution is 2.52. The summed E-state index contributed by atoms with van der Waals surface area (Å²) in [5.41, 5.74) is 15.0. The molecule has 51 heavy (non-hydrogen) atoms. The van der Waals surface area contributed by atoms with Crippen LogP contribution in [0.4, 0.5) is 17.1 Å². The molecular formula is C49H35NO. The summed E-state index contributed by atoms with van der Waals surface area (Å²) in [5.74, 6) is 0. The van der Waals surface area contributed by atoms with Crippen molar-refractivity contribution in [1.29, 1.82) is 0 Å². The van der Waals surface area contributed by atoms with Gasteiger partial charge in [0.15, 0.2) is 0 Å². The molecule has 1 aliphatic rings. The van der Waals surface area contributed by atoms with Gasteiger partial charge in [0.05, 0.1) is 5.69 Å². The van der Waals surface area contributed by atoms with Crippen molar-refractivity contribution in [2.75, 3.05) is 4.90 Å². The minimum Gasteiger partial charge on any atom is -0.456 e. The molecule has 0 amide bonds. The molecule has 0 saturated heterocycles. The van der Waals surface area contributed by atoms with E-state index in [0.29, 0.717) is 0 Å². The van der Waals surface area contributed by atoms with Crippen molar-refractivity contribution in [3.63, 3.8) is 0 Å². The Hall–Kier alpha value is -6.38. The monoisotopic (exact) mass is 653 g/mol. The van der Waals surface area contributed by atoms with E-state index in [9.17, 15) is 0 Å². The summed E-state index contributed by atoms with van der Waals surface area (Å²) in [5, 5.41) is 4.62. The second-order valence-electron chi connectivity index (χ2n) is 14.1. The normalized spacial score (nSPS) is 13.1. The predicted molar refractivity (Wildman–Crippen MR) is 214 cm³/mol. The first-order valence-corrected chi connectivity index (χ1v) is 17.7. The van der Waals surface area contributed by atoms with Gasteiger partial charge in [0.1, 0.15) is 11.2 Å². The zero-order valence-electron chi connectivity index (χ0n) is 28.6. The number of nitrogens with zero attached hydrogens (tertiary/aromatic N) is 1. The van der Waals surface area contributed by atoms with Crippen LogP contribution in [0.3, 0.4) is 0 Å². The summed E-state index contributed by atoms with van der Waals surface area (Å²) in [4.78, 5) is 2.44. The Bertz CT molecular complexity index is 2760. The molecule has 2 heteroatoms. The Morgan fingerprint density at radius 3 is 1.82 bits per heavy atom. The first-order valence-electron chi connectivity index (χ1n) is 17.7. The summed E-state index contributed by atoms with van der Waals surface area (Å²) < 4.78 is 6.64. The summed E-state index contributed by atoms with van der Waals surface area (Å²) in [6.07, 6.45) is 0. The molecule has 0 aliphatic heterocycles. The zero-order valence-corrected chi connectivity index (χ0v) is 28.6. The van der Waals surface area contributed by atoms with Crippen LogP contribution in [-0.2, 0) is 5.41 Å². The molecule has 9 aromatic rings. The molecule has 0 fully saturated rings. The number of benzene rings is 8. The second-order valence-corrected chi connectivity index (χ2v) is 14.1. The van der Waals surface area contributed by atoms with Gasteiger partial charge in [-0.05, 0) is 98.2 Å². The van der Waals surface area contributed by atoms with Crippen LogP contribution in [0, 0.1) is 0 Å². The molecule has 242 valence electrons. The SMILES string of the molecule is CC1(C)c2ccccc2-c2ccc(N(c3ccc(-c4ccccc4)cc3)c3ccc4oc5cc6ccccc6cc5c4c3-c3ccccc3)cc21. The van der Waals surface area contributed by atoms with Crippen LogP contribution in [0.5, 0.6) is 0 Å². The molecule has 0 spiro atoms. The van der Waals surface area contributed by atoms with Crippen molar-refractivity contribution in [1.82, 2.24) is 0 Å². The Morgan fingerprint density at radius 2 is 1.06 bits per heavy atom. The van der Waals surface area contributed by atoms with E-state index in [-0.39, 0.29) is 5.41 Å². The van der Waals surface area contributed by atoms with Gasteiger partial charge in [0.2, 0.25) is 0 Å². The smallest absolute Gasteiger partial charge is 0.136 e. The summed E-state index contributed by atoms with van der Waals surface area (Å²) >= 11 is 0. The van der Waals surface area contributed by atoms with Crippen molar-refractivity contribution in [3.8, 4) is 33.4 Å². The minimum atomic E-state index is -0.126. The van der Waals surface area contributed by atoms with Crippen LogP contribution < -0.4 is 4.90 Å². The molecule has 1 aromatic heterocycles. The molecule has 0 unspecified atom stereocenters. The number of hydrogen-bond acceptors (Lipinski definition) is 2. The fourth-order valence-corrected chi connectivity index (χ4v) is 8.32. The van der Waals surface area contributed by atoms with Crippen molar-refractivity contribution in [2.24, 2.45) is 0 Å².